The third kappa shape index (κ3) is 5.29. The zero-order chi connectivity index (χ0) is 21.2. The van der Waals surface area contributed by atoms with Crippen molar-refractivity contribution in [1.82, 2.24) is 19.9 Å². The van der Waals surface area contributed by atoms with Crippen LogP contribution in [0.15, 0.2) is 64.4 Å². The first-order valence-corrected chi connectivity index (χ1v) is 11.9. The van der Waals surface area contributed by atoms with Gasteiger partial charge in [-0.1, -0.05) is 31.7 Å². The molecule has 3 rings (SSSR count). The summed E-state index contributed by atoms with van der Waals surface area (Å²) in [5.74, 6) is -1.27. The van der Waals surface area contributed by atoms with E-state index < -0.39 is 15.8 Å². The Hall–Kier alpha value is -2.10. The van der Waals surface area contributed by atoms with Crippen molar-refractivity contribution >= 4 is 21.8 Å². The summed E-state index contributed by atoms with van der Waals surface area (Å²) in [6, 6.07) is 10.1. The van der Waals surface area contributed by atoms with E-state index in [-0.39, 0.29) is 11.7 Å². The molecule has 0 spiro atoms. The Morgan fingerprint density at radius 3 is 2.55 bits per heavy atom. The highest BCUT2D eigenvalue weighted by molar-refractivity contribution is 8.03. The van der Waals surface area contributed by atoms with Crippen molar-refractivity contribution in [2.75, 3.05) is 6.26 Å². The zero-order valence-corrected chi connectivity index (χ0v) is 18.4. The molecule has 29 heavy (non-hydrogen) atoms. The molecule has 0 aliphatic carbocycles. The maximum absolute atomic E-state index is 13.8. The Labute approximate surface area is 175 Å². The highest BCUT2D eigenvalue weighted by Gasteiger charge is 2.44. The molecule has 0 saturated carbocycles. The van der Waals surface area contributed by atoms with Crippen LogP contribution in [0.5, 0.6) is 0 Å². The van der Waals surface area contributed by atoms with Gasteiger partial charge in [-0.05, 0) is 48.7 Å². The summed E-state index contributed by atoms with van der Waals surface area (Å²) >= 11 is 1.41. The number of nitrogens with zero attached hydrogens (tertiary/aromatic N) is 2. The Morgan fingerprint density at radius 2 is 1.97 bits per heavy atom. The average molecular weight is 437 g/mol. The lowest BCUT2D eigenvalue weighted by Gasteiger charge is -2.38. The third-order valence-corrected chi connectivity index (χ3v) is 6.35. The second-order valence-electron chi connectivity index (χ2n) is 7.45. The van der Waals surface area contributed by atoms with Gasteiger partial charge < -0.3 is 10.2 Å². The van der Waals surface area contributed by atoms with E-state index in [0.717, 1.165) is 27.4 Å². The van der Waals surface area contributed by atoms with Gasteiger partial charge in [-0.3, -0.25) is 4.98 Å². The molecule has 9 heteroatoms. The number of allylic oxidation sites excluding steroid dienone is 1. The highest BCUT2D eigenvalue weighted by atomic mass is 32.2. The van der Waals surface area contributed by atoms with Gasteiger partial charge in [-0.2, -0.15) is 4.72 Å². The average Bonchev–Trinajstić information content (AvgIpc) is 2.87. The van der Waals surface area contributed by atoms with Gasteiger partial charge in [0.15, 0.2) is 5.79 Å². The number of aromatic nitrogens is 1. The topological polar surface area (TPSA) is 74.3 Å². The number of sulfonamides is 1. The van der Waals surface area contributed by atoms with Crippen LogP contribution >= 0.6 is 11.8 Å². The molecule has 0 saturated heterocycles. The van der Waals surface area contributed by atoms with Gasteiger partial charge >= 0.3 is 0 Å². The van der Waals surface area contributed by atoms with Crippen molar-refractivity contribution in [2.24, 2.45) is 5.92 Å². The van der Waals surface area contributed by atoms with Crippen LogP contribution in [-0.4, -0.2) is 30.3 Å². The number of thioether (sulfide) groups is 1. The Kier molecular flexibility index (Phi) is 6.21. The molecule has 1 atom stereocenters. The third-order valence-electron chi connectivity index (χ3n) is 4.46. The zero-order valence-electron chi connectivity index (χ0n) is 16.8. The van der Waals surface area contributed by atoms with Crippen LogP contribution in [-0.2, 0) is 16.6 Å². The van der Waals surface area contributed by atoms with E-state index in [1.165, 1.54) is 23.9 Å². The van der Waals surface area contributed by atoms with Crippen LogP contribution in [0.2, 0.25) is 0 Å². The minimum Gasteiger partial charge on any atom is -0.351 e. The molecule has 1 aliphatic heterocycles. The van der Waals surface area contributed by atoms with Crippen LogP contribution in [0.25, 0.3) is 0 Å². The molecule has 156 valence electrons. The summed E-state index contributed by atoms with van der Waals surface area (Å²) < 4.78 is 40.7. The normalized spacial score (nSPS) is 19.7. The summed E-state index contributed by atoms with van der Waals surface area (Å²) in [6.07, 6.45) is 4.54. The Bertz CT molecular complexity index is 1010. The van der Waals surface area contributed by atoms with Gasteiger partial charge in [0.1, 0.15) is 5.82 Å². The number of benzene rings is 1. The van der Waals surface area contributed by atoms with Crippen LogP contribution < -0.4 is 10.0 Å². The molecule has 1 unspecified atom stereocenters. The number of hydrogen-bond acceptors (Lipinski definition) is 6. The summed E-state index contributed by atoms with van der Waals surface area (Å²) in [4.78, 5) is 6.76. The van der Waals surface area contributed by atoms with Gasteiger partial charge in [0.25, 0.3) is 0 Å². The Balaban J connectivity index is 2.06. The fraction of sp³-hybridized carbons (Fsp3) is 0.350. The van der Waals surface area contributed by atoms with Gasteiger partial charge in [0.2, 0.25) is 10.0 Å². The van der Waals surface area contributed by atoms with Crippen molar-refractivity contribution in [3.63, 3.8) is 0 Å². The lowest BCUT2D eigenvalue weighted by molar-refractivity contribution is 0.136. The molecule has 1 aliphatic rings. The molecule has 6 nitrogen and oxygen atoms in total. The molecule has 0 bridgehead atoms. The number of nitrogens with one attached hydrogen (secondary N) is 2. The van der Waals surface area contributed by atoms with Gasteiger partial charge in [-0.15, -0.1) is 0 Å². The van der Waals surface area contributed by atoms with E-state index in [0.29, 0.717) is 6.54 Å². The Morgan fingerprint density at radius 1 is 1.28 bits per heavy atom. The first kappa shape index (κ1) is 21.6. The van der Waals surface area contributed by atoms with E-state index in [9.17, 15) is 12.8 Å². The smallest absolute Gasteiger partial charge is 0.212 e. The lowest BCUT2D eigenvalue weighted by Crippen LogP contribution is -2.61. The molecule has 0 amide bonds. The van der Waals surface area contributed by atoms with Crippen LogP contribution in [0.1, 0.15) is 26.3 Å². The van der Waals surface area contributed by atoms with Crippen LogP contribution in [0, 0.1) is 11.7 Å². The predicted octanol–water partition coefficient (Wildman–Crippen LogP) is 3.47. The van der Waals surface area contributed by atoms with Crippen molar-refractivity contribution in [1.29, 1.82) is 0 Å². The molecular formula is C20H25FN4O2S2. The van der Waals surface area contributed by atoms with Crippen LogP contribution in [0.4, 0.5) is 4.39 Å². The SMILES string of the molecule is CC(C)C1=C(Sc2cccc(F)c2)N(Cc2ccncc2)C(C)(NS(C)(=O)=O)N1. The number of rotatable bonds is 7. The monoisotopic (exact) mass is 436 g/mol. The molecule has 1 aromatic heterocycles. The largest absolute Gasteiger partial charge is 0.351 e. The van der Waals surface area contributed by atoms with E-state index in [1.807, 2.05) is 36.9 Å². The fourth-order valence-corrected chi connectivity index (χ4v) is 5.40. The second kappa shape index (κ2) is 8.33. The van der Waals surface area contributed by atoms with Crippen LogP contribution in [0.3, 0.4) is 0 Å². The lowest BCUT2D eigenvalue weighted by atomic mass is 10.1. The fourth-order valence-electron chi connectivity index (χ4n) is 3.22. The minimum atomic E-state index is -3.51. The molecule has 1 aromatic carbocycles. The van der Waals surface area contributed by atoms with E-state index in [1.54, 1.807) is 25.4 Å². The first-order chi connectivity index (χ1) is 13.6. The molecule has 2 N–H and O–H groups in total. The number of pyridine rings is 1. The van der Waals surface area contributed by atoms with Crippen molar-refractivity contribution in [3.8, 4) is 0 Å². The number of hydrogen-bond donors (Lipinski definition) is 2. The quantitative estimate of drug-likeness (QED) is 0.692. The standard InChI is InChI=1S/C20H25FN4O2S2/c1-14(2)18-19(28-17-7-5-6-16(21)12-17)25(13-15-8-10-22-11-9-15)20(3,23-18)24-29(4,26)27/h5-12,14,23-24H,13H2,1-4H3. The van der Waals surface area contributed by atoms with Gasteiger partial charge in [-0.25, -0.2) is 12.8 Å². The van der Waals surface area contributed by atoms with E-state index in [4.69, 9.17) is 0 Å². The summed E-state index contributed by atoms with van der Waals surface area (Å²) in [6.45, 7) is 6.30. The summed E-state index contributed by atoms with van der Waals surface area (Å²) in [7, 11) is -3.51. The maximum Gasteiger partial charge on any atom is 0.212 e. The van der Waals surface area contributed by atoms with E-state index in [2.05, 4.69) is 15.0 Å². The van der Waals surface area contributed by atoms with E-state index >= 15 is 0 Å². The van der Waals surface area contributed by atoms with Crippen molar-refractivity contribution in [2.45, 2.75) is 38.0 Å². The van der Waals surface area contributed by atoms with Gasteiger partial charge in [0, 0.05) is 29.5 Å². The van der Waals surface area contributed by atoms with Crippen molar-refractivity contribution in [3.05, 3.63) is 70.9 Å². The minimum absolute atomic E-state index is 0.106. The maximum atomic E-state index is 13.8. The molecular weight excluding hydrogens is 411 g/mol. The summed E-state index contributed by atoms with van der Waals surface area (Å²) in [5, 5.41) is 4.21. The summed E-state index contributed by atoms with van der Waals surface area (Å²) in [5.41, 5.74) is 1.87. The molecule has 0 fully saturated rings. The van der Waals surface area contributed by atoms with Gasteiger partial charge in [0.05, 0.1) is 11.3 Å². The predicted molar refractivity (Wildman–Crippen MR) is 113 cm³/mol. The number of halogens is 1. The first-order valence-electron chi connectivity index (χ1n) is 9.19. The molecule has 2 heterocycles. The molecule has 0 radical (unpaired) electrons. The second-order valence-corrected chi connectivity index (χ2v) is 10.3. The molecule has 2 aromatic rings. The highest BCUT2D eigenvalue weighted by Crippen LogP contribution is 2.42. The van der Waals surface area contributed by atoms with Crippen molar-refractivity contribution < 1.29 is 12.8 Å².